The molecule has 0 saturated carbocycles. The number of benzene rings is 1. The van der Waals surface area contributed by atoms with Crippen molar-refractivity contribution >= 4 is 0 Å². The van der Waals surface area contributed by atoms with Gasteiger partial charge in [0.25, 0.3) is 0 Å². The van der Waals surface area contributed by atoms with Gasteiger partial charge in [-0.1, -0.05) is 37.3 Å². The van der Waals surface area contributed by atoms with Crippen molar-refractivity contribution in [3.8, 4) is 12.3 Å². The van der Waals surface area contributed by atoms with E-state index in [0.717, 1.165) is 19.4 Å². The van der Waals surface area contributed by atoms with Crippen LogP contribution in [0.2, 0.25) is 0 Å². The Morgan fingerprint density at radius 1 is 1.25 bits per heavy atom. The number of hydrogen-bond donors (Lipinski definition) is 1. The van der Waals surface area contributed by atoms with Crippen LogP contribution in [-0.4, -0.2) is 12.6 Å². The van der Waals surface area contributed by atoms with Crippen molar-refractivity contribution in [2.24, 2.45) is 0 Å². The molecule has 0 bridgehead atoms. The normalized spacial score (nSPS) is 14.1. The highest BCUT2D eigenvalue weighted by Crippen LogP contribution is 2.17. The zero-order valence-electron chi connectivity index (χ0n) is 10.2. The van der Waals surface area contributed by atoms with Crippen LogP contribution < -0.4 is 5.32 Å². The van der Waals surface area contributed by atoms with Gasteiger partial charge in [-0.3, -0.25) is 0 Å². The highest BCUT2D eigenvalue weighted by atomic mass is 14.9. The maximum atomic E-state index is 5.26. The van der Waals surface area contributed by atoms with Crippen LogP contribution in [0.15, 0.2) is 30.3 Å². The molecule has 0 radical (unpaired) electrons. The van der Waals surface area contributed by atoms with Crippen LogP contribution in [0.5, 0.6) is 0 Å². The minimum atomic E-state index is 0.424. The van der Waals surface area contributed by atoms with Crippen molar-refractivity contribution in [3.63, 3.8) is 0 Å². The van der Waals surface area contributed by atoms with E-state index in [0.29, 0.717) is 12.0 Å². The van der Waals surface area contributed by atoms with Gasteiger partial charge in [0, 0.05) is 12.5 Å². The van der Waals surface area contributed by atoms with Gasteiger partial charge in [0.2, 0.25) is 0 Å². The largest absolute Gasteiger partial charge is 0.313 e. The number of terminal acetylenes is 1. The van der Waals surface area contributed by atoms with Crippen LogP contribution >= 0.6 is 0 Å². The summed E-state index contributed by atoms with van der Waals surface area (Å²) in [7, 11) is 0. The van der Waals surface area contributed by atoms with Gasteiger partial charge in [0.1, 0.15) is 0 Å². The molecule has 1 aromatic rings. The van der Waals surface area contributed by atoms with Crippen molar-refractivity contribution in [1.82, 2.24) is 5.32 Å². The van der Waals surface area contributed by atoms with Crippen molar-refractivity contribution in [2.45, 2.75) is 38.6 Å². The van der Waals surface area contributed by atoms with Gasteiger partial charge in [-0.25, -0.2) is 0 Å². The van der Waals surface area contributed by atoms with E-state index in [1.165, 1.54) is 5.56 Å². The van der Waals surface area contributed by atoms with Crippen LogP contribution in [0.1, 0.15) is 38.2 Å². The van der Waals surface area contributed by atoms with E-state index < -0.39 is 0 Å². The summed E-state index contributed by atoms with van der Waals surface area (Å²) in [6.07, 6.45) is 7.22. The maximum Gasteiger partial charge on any atom is 0.0238 e. The molecule has 1 aromatic carbocycles. The Kier molecular flexibility index (Phi) is 5.67. The molecule has 1 N–H and O–H groups in total. The molecule has 0 aliphatic heterocycles. The molecule has 2 unspecified atom stereocenters. The first-order chi connectivity index (χ1) is 7.74. The molecule has 1 heteroatoms. The number of rotatable bonds is 6. The molecule has 2 atom stereocenters. The van der Waals surface area contributed by atoms with E-state index >= 15 is 0 Å². The van der Waals surface area contributed by atoms with Crippen LogP contribution in [0.4, 0.5) is 0 Å². The Morgan fingerprint density at radius 2 is 1.94 bits per heavy atom. The van der Waals surface area contributed by atoms with Crippen molar-refractivity contribution in [3.05, 3.63) is 35.9 Å². The van der Waals surface area contributed by atoms with E-state index in [2.05, 4.69) is 55.4 Å². The second kappa shape index (κ2) is 7.09. The molecule has 0 aliphatic rings. The Hall–Kier alpha value is -1.26. The highest BCUT2D eigenvalue weighted by Gasteiger charge is 2.05. The van der Waals surface area contributed by atoms with Crippen LogP contribution in [0.25, 0.3) is 0 Å². The quantitative estimate of drug-likeness (QED) is 0.719. The van der Waals surface area contributed by atoms with Gasteiger partial charge in [-0.05, 0) is 31.4 Å². The van der Waals surface area contributed by atoms with E-state index in [4.69, 9.17) is 6.42 Å². The second-order valence-corrected chi connectivity index (χ2v) is 4.36. The van der Waals surface area contributed by atoms with Gasteiger partial charge in [-0.2, -0.15) is 0 Å². The molecule has 0 aromatic heterocycles. The summed E-state index contributed by atoms with van der Waals surface area (Å²) in [5.41, 5.74) is 1.41. The summed E-state index contributed by atoms with van der Waals surface area (Å²) >= 11 is 0. The molecule has 1 rings (SSSR count). The van der Waals surface area contributed by atoms with Crippen LogP contribution in [0, 0.1) is 12.3 Å². The lowest BCUT2D eigenvalue weighted by Crippen LogP contribution is -2.27. The Balaban J connectivity index is 2.26. The lowest BCUT2D eigenvalue weighted by molar-refractivity contribution is 0.522. The Morgan fingerprint density at radius 3 is 2.56 bits per heavy atom. The summed E-state index contributed by atoms with van der Waals surface area (Å²) in [6, 6.07) is 11.1. The minimum absolute atomic E-state index is 0.424. The molecule has 0 amide bonds. The topological polar surface area (TPSA) is 12.0 Å². The first kappa shape index (κ1) is 12.8. The fourth-order valence-electron chi connectivity index (χ4n) is 1.74. The molecule has 0 saturated heterocycles. The minimum Gasteiger partial charge on any atom is -0.313 e. The first-order valence-electron chi connectivity index (χ1n) is 5.96. The average Bonchev–Trinajstić information content (AvgIpc) is 2.30. The van der Waals surface area contributed by atoms with E-state index in [9.17, 15) is 0 Å². The lowest BCUT2D eigenvalue weighted by atomic mass is 9.98. The Labute approximate surface area is 99.3 Å². The molecule has 0 fully saturated rings. The third kappa shape index (κ3) is 4.51. The SMILES string of the molecule is C#CCC(C)NCCC(C)c1ccccc1. The number of hydrogen-bond acceptors (Lipinski definition) is 1. The van der Waals surface area contributed by atoms with Crippen molar-refractivity contribution in [2.75, 3.05) is 6.54 Å². The van der Waals surface area contributed by atoms with E-state index in [1.807, 2.05) is 0 Å². The summed E-state index contributed by atoms with van der Waals surface area (Å²) in [6.45, 7) is 5.43. The molecule has 1 nitrogen and oxygen atoms in total. The fourth-order valence-corrected chi connectivity index (χ4v) is 1.74. The van der Waals surface area contributed by atoms with Gasteiger partial charge < -0.3 is 5.32 Å². The summed E-state index contributed by atoms with van der Waals surface area (Å²) in [4.78, 5) is 0. The van der Waals surface area contributed by atoms with Gasteiger partial charge in [-0.15, -0.1) is 12.3 Å². The summed E-state index contributed by atoms with van der Waals surface area (Å²) in [5.74, 6) is 3.28. The average molecular weight is 215 g/mol. The van der Waals surface area contributed by atoms with Gasteiger partial charge in [0.05, 0.1) is 0 Å². The molecular weight excluding hydrogens is 194 g/mol. The standard InChI is InChI=1S/C15H21N/c1-4-8-14(3)16-12-11-13(2)15-9-6-5-7-10-15/h1,5-7,9-10,13-14,16H,8,11-12H2,2-3H3. The third-order valence-corrected chi connectivity index (χ3v) is 2.86. The number of nitrogens with one attached hydrogen (secondary N) is 1. The second-order valence-electron chi connectivity index (χ2n) is 4.36. The van der Waals surface area contributed by atoms with Crippen LogP contribution in [-0.2, 0) is 0 Å². The predicted molar refractivity (Wildman–Crippen MR) is 70.4 cm³/mol. The fraction of sp³-hybridized carbons (Fsp3) is 0.467. The molecule has 0 aliphatic carbocycles. The van der Waals surface area contributed by atoms with E-state index in [1.54, 1.807) is 0 Å². The van der Waals surface area contributed by atoms with Gasteiger partial charge in [0.15, 0.2) is 0 Å². The Bertz CT molecular complexity index is 323. The molecular formula is C15H21N. The summed E-state index contributed by atoms with van der Waals surface area (Å²) < 4.78 is 0. The van der Waals surface area contributed by atoms with Crippen molar-refractivity contribution in [1.29, 1.82) is 0 Å². The lowest BCUT2D eigenvalue weighted by Gasteiger charge is -2.15. The predicted octanol–water partition coefficient (Wildman–Crippen LogP) is 3.18. The highest BCUT2D eigenvalue weighted by molar-refractivity contribution is 5.18. The van der Waals surface area contributed by atoms with Gasteiger partial charge >= 0.3 is 0 Å². The zero-order chi connectivity index (χ0) is 11.8. The molecule has 16 heavy (non-hydrogen) atoms. The monoisotopic (exact) mass is 215 g/mol. The molecule has 0 spiro atoms. The molecule has 0 heterocycles. The van der Waals surface area contributed by atoms with Crippen LogP contribution in [0.3, 0.4) is 0 Å². The smallest absolute Gasteiger partial charge is 0.0238 e. The zero-order valence-corrected chi connectivity index (χ0v) is 10.2. The summed E-state index contributed by atoms with van der Waals surface area (Å²) in [5, 5.41) is 3.44. The first-order valence-corrected chi connectivity index (χ1v) is 5.96. The van der Waals surface area contributed by atoms with Crippen molar-refractivity contribution < 1.29 is 0 Å². The molecule has 86 valence electrons. The van der Waals surface area contributed by atoms with E-state index in [-0.39, 0.29) is 0 Å². The third-order valence-electron chi connectivity index (χ3n) is 2.86. The maximum absolute atomic E-state index is 5.26.